The molecule has 0 radical (unpaired) electrons. The van der Waals surface area contributed by atoms with Gasteiger partial charge in [-0.05, 0) is 126 Å². The highest BCUT2D eigenvalue weighted by atomic mass is 19.4. The molecule has 0 aromatic heterocycles. The van der Waals surface area contributed by atoms with Crippen LogP contribution in [-0.2, 0) is 29.0 Å². The number of nitrogens with zero attached hydrogens (tertiary/aromatic N) is 3. The van der Waals surface area contributed by atoms with Gasteiger partial charge in [0.05, 0.1) is 17.5 Å². The number of hydrogen-bond acceptors (Lipinski definition) is 3. The lowest BCUT2D eigenvalue weighted by Gasteiger charge is -2.43. The lowest BCUT2D eigenvalue weighted by atomic mass is 9.71. The number of hydrogen-bond donors (Lipinski definition) is 0. The van der Waals surface area contributed by atoms with Crippen molar-refractivity contribution < 1.29 is 31.1 Å². The number of halogens is 6. The molecule has 10 heteroatoms. The molecule has 3 heterocycles. The minimum Gasteiger partial charge on any atom is -0.342 e. The average molecular weight is 652 g/mol. The molecule has 46 heavy (non-hydrogen) atoms. The zero-order valence-electron chi connectivity index (χ0n) is 27.1. The third-order valence-corrected chi connectivity index (χ3v) is 10.5. The Balaban J connectivity index is 1.36. The molecule has 0 spiro atoms. The summed E-state index contributed by atoms with van der Waals surface area (Å²) in [6.07, 6.45) is -0.921. The van der Waals surface area contributed by atoms with Gasteiger partial charge in [-0.3, -0.25) is 4.79 Å². The fourth-order valence-corrected chi connectivity index (χ4v) is 7.94. The van der Waals surface area contributed by atoms with Crippen LogP contribution in [0.5, 0.6) is 0 Å². The van der Waals surface area contributed by atoms with E-state index in [0.717, 1.165) is 69.3 Å². The van der Waals surface area contributed by atoms with Crippen LogP contribution in [-0.4, -0.2) is 72.5 Å². The van der Waals surface area contributed by atoms with Crippen LogP contribution in [0.1, 0.15) is 91.2 Å². The van der Waals surface area contributed by atoms with Gasteiger partial charge >= 0.3 is 12.4 Å². The van der Waals surface area contributed by atoms with Crippen molar-refractivity contribution in [3.8, 4) is 0 Å². The Kier molecular flexibility index (Phi) is 10.8. The maximum absolute atomic E-state index is 13.8. The molecule has 0 N–H and O–H groups in total. The van der Waals surface area contributed by atoms with E-state index in [4.69, 9.17) is 0 Å². The Morgan fingerprint density at radius 2 is 1.43 bits per heavy atom. The van der Waals surface area contributed by atoms with Gasteiger partial charge in [0.25, 0.3) is 0 Å². The van der Waals surface area contributed by atoms with Crippen molar-refractivity contribution in [1.82, 2.24) is 14.7 Å². The molecule has 0 aliphatic carbocycles. The SMILES string of the molecule is Cc1ccc(C)c([C@@]2(CCN3CCC(N4CCCCC4)CC3)CCCCN(C(=O)Cc3cc(C(F)(F)F)cc(C(F)(F)F)c3)C2)c1. The Bertz CT molecular complexity index is 1310. The molecule has 3 saturated heterocycles. The van der Waals surface area contributed by atoms with Crippen molar-refractivity contribution in [3.05, 3.63) is 69.8 Å². The minimum atomic E-state index is -4.96. The molecule has 5 rings (SSSR count). The minimum absolute atomic E-state index is 0.112. The number of alkyl halides is 6. The molecule has 0 saturated carbocycles. The number of benzene rings is 2. The Morgan fingerprint density at radius 1 is 0.804 bits per heavy atom. The lowest BCUT2D eigenvalue weighted by Crippen LogP contribution is -2.48. The Labute approximate surface area is 269 Å². The summed E-state index contributed by atoms with van der Waals surface area (Å²) in [5.41, 5.74) is 0.0184. The summed E-state index contributed by atoms with van der Waals surface area (Å²) >= 11 is 0. The van der Waals surface area contributed by atoms with Gasteiger partial charge in [-0.1, -0.05) is 36.6 Å². The highest BCUT2D eigenvalue weighted by molar-refractivity contribution is 5.79. The zero-order valence-corrected chi connectivity index (χ0v) is 27.1. The van der Waals surface area contributed by atoms with Gasteiger partial charge in [0, 0.05) is 24.5 Å². The van der Waals surface area contributed by atoms with Crippen LogP contribution >= 0.6 is 0 Å². The quantitative estimate of drug-likeness (QED) is 0.283. The maximum Gasteiger partial charge on any atom is 0.416 e. The monoisotopic (exact) mass is 651 g/mol. The predicted molar refractivity (Wildman–Crippen MR) is 168 cm³/mol. The summed E-state index contributed by atoms with van der Waals surface area (Å²) < 4.78 is 81.2. The Hall–Kier alpha value is -2.59. The van der Waals surface area contributed by atoms with E-state index in [-0.39, 0.29) is 17.0 Å². The van der Waals surface area contributed by atoms with E-state index in [2.05, 4.69) is 34.9 Å². The Morgan fingerprint density at radius 3 is 2.07 bits per heavy atom. The second kappa shape index (κ2) is 14.3. The lowest BCUT2D eigenvalue weighted by molar-refractivity contribution is -0.143. The molecule has 1 atom stereocenters. The molecule has 3 aliphatic heterocycles. The van der Waals surface area contributed by atoms with Crippen LogP contribution in [0.15, 0.2) is 36.4 Å². The van der Waals surface area contributed by atoms with Gasteiger partial charge in [-0.15, -0.1) is 0 Å². The van der Waals surface area contributed by atoms with Crippen molar-refractivity contribution in [1.29, 1.82) is 0 Å². The number of aryl methyl sites for hydroxylation is 2. The van der Waals surface area contributed by atoms with Gasteiger partial charge in [-0.2, -0.15) is 26.3 Å². The number of likely N-dealkylation sites (tertiary alicyclic amines) is 3. The summed E-state index contributed by atoms with van der Waals surface area (Å²) in [7, 11) is 0. The maximum atomic E-state index is 13.8. The molecule has 1 amide bonds. The first kappa shape index (κ1) is 34.7. The second-order valence-electron chi connectivity index (χ2n) is 13.9. The van der Waals surface area contributed by atoms with E-state index in [9.17, 15) is 31.1 Å². The number of carbonyl (C=O) groups is 1. The van der Waals surface area contributed by atoms with Crippen LogP contribution < -0.4 is 0 Å². The predicted octanol–water partition coefficient (Wildman–Crippen LogP) is 8.17. The fourth-order valence-electron chi connectivity index (χ4n) is 7.94. The summed E-state index contributed by atoms with van der Waals surface area (Å²) in [5, 5.41) is 0. The van der Waals surface area contributed by atoms with E-state index in [1.807, 2.05) is 6.92 Å². The smallest absolute Gasteiger partial charge is 0.342 e. The van der Waals surface area contributed by atoms with Crippen molar-refractivity contribution >= 4 is 5.91 Å². The normalized spacial score (nSPS) is 23.0. The first-order valence-corrected chi connectivity index (χ1v) is 16.8. The third kappa shape index (κ3) is 8.46. The van der Waals surface area contributed by atoms with E-state index in [0.29, 0.717) is 31.3 Å². The van der Waals surface area contributed by atoms with Crippen LogP contribution in [0, 0.1) is 13.8 Å². The highest BCUT2D eigenvalue weighted by Gasteiger charge is 2.40. The molecule has 3 aliphatic rings. The molecule has 2 aromatic carbocycles. The van der Waals surface area contributed by atoms with Crippen molar-refractivity contribution in [3.63, 3.8) is 0 Å². The van der Waals surface area contributed by atoms with Gasteiger partial charge in [0.1, 0.15) is 0 Å². The first-order chi connectivity index (χ1) is 21.7. The van der Waals surface area contributed by atoms with Gasteiger partial charge < -0.3 is 14.7 Å². The van der Waals surface area contributed by atoms with Crippen LogP contribution in [0.25, 0.3) is 0 Å². The number of amides is 1. The van der Waals surface area contributed by atoms with E-state index < -0.39 is 35.8 Å². The third-order valence-electron chi connectivity index (χ3n) is 10.5. The summed E-state index contributed by atoms with van der Waals surface area (Å²) in [6, 6.07) is 8.49. The largest absolute Gasteiger partial charge is 0.416 e. The average Bonchev–Trinajstić information content (AvgIpc) is 3.25. The van der Waals surface area contributed by atoms with Crippen LogP contribution in [0.4, 0.5) is 26.3 Å². The van der Waals surface area contributed by atoms with Crippen molar-refractivity contribution in [2.24, 2.45) is 0 Å². The van der Waals surface area contributed by atoms with E-state index in [1.54, 1.807) is 4.90 Å². The fraction of sp³-hybridized carbons (Fsp3) is 0.639. The summed E-state index contributed by atoms with van der Waals surface area (Å²) in [6.45, 7) is 10.3. The molecule has 4 nitrogen and oxygen atoms in total. The molecular weight excluding hydrogens is 604 g/mol. The molecule has 0 bridgehead atoms. The highest BCUT2D eigenvalue weighted by Crippen LogP contribution is 2.41. The van der Waals surface area contributed by atoms with Crippen molar-refractivity contribution in [2.75, 3.05) is 45.8 Å². The number of piperidine rings is 2. The molecule has 3 fully saturated rings. The standard InChI is InChI=1S/C36H47F6N3O/c1-26-8-9-27(2)32(20-26)34(13-19-43-17-10-31(11-18-43)44-14-5-3-6-15-44)12-4-7-16-45(25-34)33(46)23-28-21-29(35(37,38)39)24-30(22-28)36(40,41)42/h8-9,20-22,24,31H,3-7,10-19,23,25H2,1-2H3/t34-/m1/s1. The zero-order chi connectivity index (χ0) is 33.1. The molecular formula is C36H47F6N3O. The number of rotatable bonds is 7. The number of carbonyl (C=O) groups excluding carboxylic acids is 1. The van der Waals surface area contributed by atoms with Crippen molar-refractivity contribution in [2.45, 2.75) is 102 Å². The summed E-state index contributed by atoms with van der Waals surface area (Å²) in [4.78, 5) is 20.6. The topological polar surface area (TPSA) is 26.8 Å². The van der Waals surface area contributed by atoms with Crippen LogP contribution in [0.3, 0.4) is 0 Å². The first-order valence-electron chi connectivity index (χ1n) is 16.8. The molecule has 254 valence electrons. The van der Waals surface area contributed by atoms with E-state index in [1.165, 1.54) is 37.9 Å². The van der Waals surface area contributed by atoms with Gasteiger partial charge in [0.15, 0.2) is 0 Å². The molecule has 2 aromatic rings. The van der Waals surface area contributed by atoms with Gasteiger partial charge in [0.2, 0.25) is 5.91 Å². The van der Waals surface area contributed by atoms with E-state index >= 15 is 0 Å². The second-order valence-corrected chi connectivity index (χ2v) is 13.9. The van der Waals surface area contributed by atoms with Crippen LogP contribution in [0.2, 0.25) is 0 Å². The summed E-state index contributed by atoms with van der Waals surface area (Å²) in [5.74, 6) is -0.439. The molecule has 0 unspecified atom stereocenters. The van der Waals surface area contributed by atoms with Gasteiger partial charge in [-0.25, -0.2) is 0 Å².